The van der Waals surface area contributed by atoms with Gasteiger partial charge in [0.15, 0.2) is 0 Å². The van der Waals surface area contributed by atoms with Gasteiger partial charge in [-0.05, 0) is 72.0 Å². The fourth-order valence-corrected chi connectivity index (χ4v) is 5.75. The average Bonchev–Trinajstić information content (AvgIpc) is 3.31. The van der Waals surface area contributed by atoms with E-state index in [2.05, 4.69) is 44.4 Å². The van der Waals surface area contributed by atoms with Crippen LogP contribution in [-0.2, 0) is 11.2 Å². The minimum absolute atomic E-state index is 0.0215. The first-order valence-electron chi connectivity index (χ1n) is 11.9. The molecule has 2 heterocycles. The normalized spacial score (nSPS) is 15.3. The van der Waals surface area contributed by atoms with E-state index in [0.29, 0.717) is 34.6 Å². The van der Waals surface area contributed by atoms with Gasteiger partial charge in [0.25, 0.3) is 5.91 Å². The minimum atomic E-state index is -0.210. The van der Waals surface area contributed by atoms with Gasteiger partial charge in [-0.3, -0.25) is 9.59 Å². The van der Waals surface area contributed by atoms with Crippen LogP contribution in [0, 0.1) is 12.8 Å². The van der Waals surface area contributed by atoms with Crippen molar-refractivity contribution in [2.24, 2.45) is 5.92 Å². The molecule has 1 atom stereocenters. The van der Waals surface area contributed by atoms with E-state index in [0.717, 1.165) is 24.0 Å². The minimum Gasteiger partial charge on any atom is -0.330 e. The van der Waals surface area contributed by atoms with Gasteiger partial charge < -0.3 is 9.80 Å². The van der Waals surface area contributed by atoms with Gasteiger partial charge in [0.05, 0.1) is 16.1 Å². The monoisotopic (exact) mass is 528 g/mol. The highest BCUT2D eigenvalue weighted by Crippen LogP contribution is 2.39. The number of amides is 2. The van der Waals surface area contributed by atoms with Crippen LogP contribution in [0.5, 0.6) is 0 Å². The molecule has 35 heavy (non-hydrogen) atoms. The van der Waals surface area contributed by atoms with E-state index in [4.69, 9.17) is 23.2 Å². The maximum atomic E-state index is 13.8. The Morgan fingerprint density at radius 1 is 1.09 bits per heavy atom. The second-order valence-electron chi connectivity index (χ2n) is 9.43. The topological polar surface area (TPSA) is 40.6 Å². The van der Waals surface area contributed by atoms with E-state index in [-0.39, 0.29) is 24.4 Å². The molecule has 0 spiro atoms. The summed E-state index contributed by atoms with van der Waals surface area (Å²) in [5, 5.41) is 2.83. The van der Waals surface area contributed by atoms with Crippen LogP contribution in [0.2, 0.25) is 10.0 Å². The maximum absolute atomic E-state index is 13.8. The van der Waals surface area contributed by atoms with Crippen LogP contribution in [0.25, 0.3) is 0 Å². The third kappa shape index (κ3) is 5.74. The lowest BCUT2D eigenvalue weighted by molar-refractivity contribution is -0.134. The molecule has 0 aliphatic carbocycles. The molecule has 0 saturated carbocycles. The van der Waals surface area contributed by atoms with Crippen LogP contribution >= 0.6 is 34.5 Å². The Balaban J connectivity index is 1.63. The van der Waals surface area contributed by atoms with Crippen molar-refractivity contribution >= 4 is 46.4 Å². The zero-order valence-electron chi connectivity index (χ0n) is 20.3. The van der Waals surface area contributed by atoms with Gasteiger partial charge in [0.2, 0.25) is 5.91 Å². The van der Waals surface area contributed by atoms with Crippen LogP contribution in [-0.4, -0.2) is 41.2 Å². The third-order valence-electron chi connectivity index (χ3n) is 6.53. The van der Waals surface area contributed by atoms with Crippen molar-refractivity contribution in [1.82, 2.24) is 9.80 Å². The molecule has 3 aromatic rings. The summed E-state index contributed by atoms with van der Waals surface area (Å²) < 4.78 is 0. The number of halogens is 2. The van der Waals surface area contributed by atoms with E-state index in [1.807, 2.05) is 17.0 Å². The van der Waals surface area contributed by atoms with Crippen molar-refractivity contribution in [3.8, 4) is 0 Å². The number of carbonyl (C=O) groups is 2. The molecule has 0 saturated heterocycles. The summed E-state index contributed by atoms with van der Waals surface area (Å²) in [4.78, 5) is 32.2. The van der Waals surface area contributed by atoms with Crippen molar-refractivity contribution in [3.63, 3.8) is 0 Å². The Morgan fingerprint density at radius 3 is 2.57 bits per heavy atom. The molecule has 1 aromatic heterocycles. The number of hydrogen-bond acceptors (Lipinski definition) is 3. The SMILES string of the molecule is Cc1ccccc1C1c2ccsc2CCN1C(=O)CN(CCC(C)C)C(=O)c1ccc(Cl)c(Cl)c1. The molecule has 0 bridgehead atoms. The highest BCUT2D eigenvalue weighted by molar-refractivity contribution is 7.10. The molecule has 4 nitrogen and oxygen atoms in total. The van der Waals surface area contributed by atoms with Gasteiger partial charge in [-0.1, -0.05) is 61.3 Å². The Bertz CT molecular complexity index is 1220. The second kappa shape index (κ2) is 11.2. The first kappa shape index (κ1) is 25.7. The van der Waals surface area contributed by atoms with Crippen molar-refractivity contribution in [3.05, 3.63) is 91.1 Å². The van der Waals surface area contributed by atoms with Crippen LogP contribution in [0.3, 0.4) is 0 Å². The molecule has 4 rings (SSSR count). The lowest BCUT2D eigenvalue weighted by Gasteiger charge is -2.38. The van der Waals surface area contributed by atoms with Crippen LogP contribution in [0.1, 0.15) is 58.2 Å². The Morgan fingerprint density at radius 2 is 1.86 bits per heavy atom. The van der Waals surface area contributed by atoms with Gasteiger partial charge in [-0.2, -0.15) is 0 Å². The van der Waals surface area contributed by atoms with Gasteiger partial charge >= 0.3 is 0 Å². The molecular formula is C28H30Cl2N2O2S. The number of rotatable bonds is 7. The summed E-state index contributed by atoms with van der Waals surface area (Å²) in [5.41, 5.74) is 3.90. The molecule has 2 aromatic carbocycles. The largest absolute Gasteiger partial charge is 0.330 e. The van der Waals surface area contributed by atoms with Crippen LogP contribution < -0.4 is 0 Å². The number of benzene rings is 2. The molecule has 7 heteroatoms. The van der Waals surface area contributed by atoms with E-state index < -0.39 is 0 Å². The fraction of sp³-hybridized carbons (Fsp3) is 0.357. The molecule has 1 unspecified atom stereocenters. The van der Waals surface area contributed by atoms with Gasteiger partial charge in [-0.25, -0.2) is 0 Å². The molecule has 2 amide bonds. The lowest BCUT2D eigenvalue weighted by Crippen LogP contribution is -2.47. The zero-order valence-corrected chi connectivity index (χ0v) is 22.6. The number of nitrogens with zero attached hydrogens (tertiary/aromatic N) is 2. The number of aryl methyl sites for hydroxylation is 1. The van der Waals surface area contributed by atoms with Crippen molar-refractivity contribution in [2.75, 3.05) is 19.6 Å². The number of hydrogen-bond donors (Lipinski definition) is 0. The molecule has 1 aliphatic heterocycles. The molecule has 0 fully saturated rings. The van der Waals surface area contributed by atoms with Gasteiger partial charge in [-0.15, -0.1) is 11.3 Å². The lowest BCUT2D eigenvalue weighted by atomic mass is 9.90. The predicted octanol–water partition coefficient (Wildman–Crippen LogP) is 7.03. The van der Waals surface area contributed by atoms with Gasteiger partial charge in [0, 0.05) is 23.5 Å². The summed E-state index contributed by atoms with van der Waals surface area (Å²) in [6.07, 6.45) is 1.63. The highest BCUT2D eigenvalue weighted by atomic mass is 35.5. The van der Waals surface area contributed by atoms with Crippen molar-refractivity contribution in [1.29, 1.82) is 0 Å². The standard InChI is InChI=1S/C28H30Cl2N2O2S/c1-18(2)10-13-31(28(34)20-8-9-23(29)24(30)16-20)17-26(33)32-14-11-25-22(12-15-35-25)27(32)21-7-5-4-6-19(21)3/h4-9,12,15-16,18,27H,10-11,13-14,17H2,1-3H3. The summed E-state index contributed by atoms with van der Waals surface area (Å²) in [6.45, 7) is 7.45. The summed E-state index contributed by atoms with van der Waals surface area (Å²) in [7, 11) is 0. The third-order valence-corrected chi connectivity index (χ3v) is 8.26. The van der Waals surface area contributed by atoms with E-state index in [1.165, 1.54) is 10.4 Å². The highest BCUT2D eigenvalue weighted by Gasteiger charge is 2.34. The van der Waals surface area contributed by atoms with Crippen molar-refractivity contribution in [2.45, 2.75) is 39.7 Å². The van der Waals surface area contributed by atoms with Gasteiger partial charge in [0.1, 0.15) is 6.54 Å². The second-order valence-corrected chi connectivity index (χ2v) is 11.2. The quantitative estimate of drug-likeness (QED) is 0.330. The Hall–Kier alpha value is -2.34. The summed E-state index contributed by atoms with van der Waals surface area (Å²) in [6, 6.07) is 15.1. The number of carbonyl (C=O) groups excluding carboxylic acids is 2. The van der Waals surface area contributed by atoms with E-state index >= 15 is 0 Å². The predicted molar refractivity (Wildman–Crippen MR) is 145 cm³/mol. The van der Waals surface area contributed by atoms with Crippen molar-refractivity contribution < 1.29 is 9.59 Å². The van der Waals surface area contributed by atoms with E-state index in [1.54, 1.807) is 34.4 Å². The first-order valence-corrected chi connectivity index (χ1v) is 13.6. The van der Waals surface area contributed by atoms with Crippen LogP contribution in [0.4, 0.5) is 0 Å². The Labute approximate surface area is 221 Å². The molecule has 0 N–H and O–H groups in total. The maximum Gasteiger partial charge on any atom is 0.254 e. The molecular weight excluding hydrogens is 499 g/mol. The summed E-state index contributed by atoms with van der Waals surface area (Å²) in [5.74, 6) is 0.141. The average molecular weight is 530 g/mol. The smallest absolute Gasteiger partial charge is 0.254 e. The number of thiophene rings is 1. The molecule has 184 valence electrons. The van der Waals surface area contributed by atoms with Crippen LogP contribution in [0.15, 0.2) is 53.9 Å². The Kier molecular flexibility index (Phi) is 8.20. The summed E-state index contributed by atoms with van der Waals surface area (Å²) >= 11 is 14.0. The van der Waals surface area contributed by atoms with E-state index in [9.17, 15) is 9.59 Å². The fourth-order valence-electron chi connectivity index (χ4n) is 4.55. The number of fused-ring (bicyclic) bond motifs is 1. The molecule has 1 aliphatic rings. The first-order chi connectivity index (χ1) is 16.8. The zero-order chi connectivity index (χ0) is 25.1. The molecule has 0 radical (unpaired) electrons.